The zero-order chi connectivity index (χ0) is 18.7. The first-order valence-electron chi connectivity index (χ1n) is 8.11. The van der Waals surface area contributed by atoms with Crippen LogP contribution in [-0.4, -0.2) is 43.6 Å². The topological polar surface area (TPSA) is 99.8 Å². The molecule has 1 atom stereocenters. The summed E-state index contributed by atoms with van der Waals surface area (Å²) >= 11 is 0. The van der Waals surface area contributed by atoms with Crippen molar-refractivity contribution in [3.8, 4) is 0 Å². The summed E-state index contributed by atoms with van der Waals surface area (Å²) in [4.78, 5) is 37.2. The lowest BCUT2D eigenvalue weighted by Crippen LogP contribution is -2.46. The highest BCUT2D eigenvalue weighted by Crippen LogP contribution is 2.43. The number of aromatic nitrogens is 1. The van der Waals surface area contributed by atoms with Crippen LogP contribution in [0.5, 0.6) is 0 Å². The van der Waals surface area contributed by atoms with E-state index in [-0.39, 0.29) is 17.6 Å². The van der Waals surface area contributed by atoms with Gasteiger partial charge in [-0.3, -0.25) is 9.69 Å². The molecule has 0 aliphatic carbocycles. The zero-order valence-corrected chi connectivity index (χ0v) is 14.2. The van der Waals surface area contributed by atoms with E-state index in [2.05, 4.69) is 0 Å². The lowest BCUT2D eigenvalue weighted by molar-refractivity contribution is -0.146. The van der Waals surface area contributed by atoms with Crippen molar-refractivity contribution in [1.29, 1.82) is 0 Å². The summed E-state index contributed by atoms with van der Waals surface area (Å²) in [5.74, 6) is -2.89. The van der Waals surface area contributed by atoms with Crippen LogP contribution in [0, 0.1) is 0 Å². The Balaban J connectivity index is 2.05. The molecule has 132 valence electrons. The molecule has 7 nitrogen and oxygen atoms in total. The van der Waals surface area contributed by atoms with E-state index in [4.69, 9.17) is 0 Å². The molecule has 1 amide bonds. The number of para-hydroxylation sites is 1. The van der Waals surface area contributed by atoms with E-state index in [9.17, 15) is 24.6 Å². The average molecular weight is 352 g/mol. The van der Waals surface area contributed by atoms with Gasteiger partial charge in [0.15, 0.2) is 0 Å². The van der Waals surface area contributed by atoms with Crippen molar-refractivity contribution in [3.05, 3.63) is 52.7 Å². The van der Waals surface area contributed by atoms with Gasteiger partial charge in [0.1, 0.15) is 6.04 Å². The molecule has 1 aromatic heterocycles. The third-order valence-electron chi connectivity index (χ3n) is 5.16. The molecule has 0 fully saturated rings. The monoisotopic (exact) mass is 352 g/mol. The third-order valence-corrected chi connectivity index (χ3v) is 5.16. The fraction of sp³-hybridized carbons (Fsp3) is 0.211. The SMILES string of the molecule is C/C(C(=O)O)=C1/C=C2c3c(c4ccccc4n3C)C[C@@H](C(=O)O)N2C1=O. The molecule has 2 N–H and O–H groups in total. The van der Waals surface area contributed by atoms with Crippen LogP contribution >= 0.6 is 0 Å². The van der Waals surface area contributed by atoms with Gasteiger partial charge in [0.2, 0.25) is 0 Å². The number of carbonyl (C=O) groups excluding carboxylic acids is 1. The summed E-state index contributed by atoms with van der Waals surface area (Å²) in [5, 5.41) is 19.9. The van der Waals surface area contributed by atoms with Crippen LogP contribution in [0.25, 0.3) is 16.6 Å². The highest BCUT2D eigenvalue weighted by Gasteiger charge is 2.45. The molecule has 0 bridgehead atoms. The number of nitrogens with zero attached hydrogens (tertiary/aromatic N) is 2. The van der Waals surface area contributed by atoms with Gasteiger partial charge in [0.05, 0.1) is 17.0 Å². The number of benzene rings is 1. The molecule has 0 spiro atoms. The summed E-state index contributed by atoms with van der Waals surface area (Å²) in [5.41, 5.74) is 2.92. The summed E-state index contributed by atoms with van der Waals surface area (Å²) < 4.78 is 1.92. The van der Waals surface area contributed by atoms with E-state index in [1.807, 2.05) is 35.9 Å². The lowest BCUT2D eigenvalue weighted by Gasteiger charge is -2.32. The summed E-state index contributed by atoms with van der Waals surface area (Å²) in [6, 6.07) is 6.59. The maximum Gasteiger partial charge on any atom is 0.332 e. The van der Waals surface area contributed by atoms with E-state index >= 15 is 0 Å². The fourth-order valence-electron chi connectivity index (χ4n) is 3.87. The van der Waals surface area contributed by atoms with Gasteiger partial charge in [0, 0.05) is 29.9 Å². The van der Waals surface area contributed by atoms with Crippen molar-refractivity contribution in [2.75, 3.05) is 0 Å². The van der Waals surface area contributed by atoms with E-state index in [1.54, 1.807) is 0 Å². The number of hydrogen-bond acceptors (Lipinski definition) is 3. The Hall–Kier alpha value is -3.35. The van der Waals surface area contributed by atoms with Crippen molar-refractivity contribution in [2.24, 2.45) is 7.05 Å². The van der Waals surface area contributed by atoms with Crippen LogP contribution < -0.4 is 0 Å². The molecule has 1 aromatic carbocycles. The molecule has 0 saturated heterocycles. The standard InChI is InChI=1S/C19H16N2O5/c1-9(18(23)24)11-7-14-16-12(8-15(19(25)26)21(14)17(11)22)10-5-3-4-6-13(10)20(16)2/h3-7,15H,8H2,1-2H3,(H,23,24)(H,25,26)/b11-9+/t15-/m0/s1. The van der Waals surface area contributed by atoms with Gasteiger partial charge >= 0.3 is 11.9 Å². The van der Waals surface area contributed by atoms with E-state index in [1.165, 1.54) is 17.9 Å². The van der Waals surface area contributed by atoms with Gasteiger partial charge in [-0.2, -0.15) is 0 Å². The molecular formula is C19H16N2O5. The van der Waals surface area contributed by atoms with Crippen molar-refractivity contribution in [3.63, 3.8) is 0 Å². The van der Waals surface area contributed by atoms with Gasteiger partial charge in [-0.05, 0) is 24.6 Å². The molecule has 4 rings (SSSR count). The van der Waals surface area contributed by atoms with Crippen LogP contribution in [0.2, 0.25) is 0 Å². The lowest BCUT2D eigenvalue weighted by atomic mass is 9.95. The predicted octanol–water partition coefficient (Wildman–Crippen LogP) is 1.77. The minimum Gasteiger partial charge on any atom is -0.480 e. The first-order valence-corrected chi connectivity index (χ1v) is 8.11. The minimum absolute atomic E-state index is 0.0249. The summed E-state index contributed by atoms with van der Waals surface area (Å²) in [6.07, 6.45) is 1.67. The predicted molar refractivity (Wildman–Crippen MR) is 93.2 cm³/mol. The van der Waals surface area contributed by atoms with E-state index in [0.29, 0.717) is 5.70 Å². The number of carboxylic acids is 2. The number of hydrogen-bond donors (Lipinski definition) is 2. The van der Waals surface area contributed by atoms with Crippen LogP contribution in [0.4, 0.5) is 0 Å². The number of fused-ring (bicyclic) bond motifs is 5. The van der Waals surface area contributed by atoms with Crippen molar-refractivity contribution < 1.29 is 24.6 Å². The number of amides is 1. The van der Waals surface area contributed by atoms with E-state index in [0.717, 1.165) is 22.2 Å². The Bertz CT molecular complexity index is 1070. The number of rotatable bonds is 2. The quantitative estimate of drug-likeness (QED) is 0.803. The molecular weight excluding hydrogens is 336 g/mol. The molecule has 7 heteroatoms. The Morgan fingerprint density at radius 1 is 1.19 bits per heavy atom. The van der Waals surface area contributed by atoms with Gasteiger partial charge in [-0.25, -0.2) is 9.59 Å². The first-order chi connectivity index (χ1) is 12.3. The normalized spacial score (nSPS) is 20.7. The first kappa shape index (κ1) is 16.1. The molecule has 2 aromatic rings. The largest absolute Gasteiger partial charge is 0.480 e. The van der Waals surface area contributed by atoms with Crippen LogP contribution in [0.3, 0.4) is 0 Å². The minimum atomic E-state index is -1.20. The highest BCUT2D eigenvalue weighted by atomic mass is 16.4. The van der Waals surface area contributed by atoms with Gasteiger partial charge in [-0.15, -0.1) is 0 Å². The zero-order valence-electron chi connectivity index (χ0n) is 14.2. The number of aliphatic carboxylic acids is 2. The number of carbonyl (C=O) groups is 3. The Morgan fingerprint density at radius 2 is 1.88 bits per heavy atom. The van der Waals surface area contributed by atoms with Crippen molar-refractivity contribution in [1.82, 2.24) is 9.47 Å². The smallest absolute Gasteiger partial charge is 0.332 e. The van der Waals surface area contributed by atoms with Gasteiger partial charge in [0.25, 0.3) is 5.91 Å². The molecule has 26 heavy (non-hydrogen) atoms. The number of aryl methyl sites for hydroxylation is 1. The molecule has 0 radical (unpaired) electrons. The van der Waals surface area contributed by atoms with Crippen LogP contribution in [0.1, 0.15) is 18.2 Å². The molecule has 3 heterocycles. The maximum atomic E-state index is 12.8. The Labute approximate surface area is 148 Å². The molecule has 0 unspecified atom stereocenters. The van der Waals surface area contributed by atoms with Crippen LogP contribution in [-0.2, 0) is 27.9 Å². The average Bonchev–Trinajstić information content (AvgIpc) is 3.10. The van der Waals surface area contributed by atoms with Crippen LogP contribution in [0.15, 0.2) is 41.5 Å². The maximum absolute atomic E-state index is 12.8. The Kier molecular flexibility index (Phi) is 3.30. The van der Waals surface area contributed by atoms with E-state index < -0.39 is 23.9 Å². The Morgan fingerprint density at radius 3 is 2.54 bits per heavy atom. The van der Waals surface area contributed by atoms with Crippen molar-refractivity contribution >= 4 is 34.4 Å². The summed E-state index contributed by atoms with van der Waals surface area (Å²) in [7, 11) is 1.86. The second-order valence-corrected chi connectivity index (χ2v) is 6.51. The fourth-order valence-corrected chi connectivity index (χ4v) is 3.87. The van der Waals surface area contributed by atoms with Gasteiger partial charge < -0.3 is 14.8 Å². The molecule has 2 aliphatic heterocycles. The highest BCUT2D eigenvalue weighted by molar-refractivity contribution is 6.14. The summed E-state index contributed by atoms with van der Waals surface area (Å²) in [6.45, 7) is 1.35. The number of carboxylic acid groups (broad SMARTS) is 2. The second kappa shape index (κ2) is 5.32. The molecule has 2 aliphatic rings. The second-order valence-electron chi connectivity index (χ2n) is 6.51. The molecule has 0 saturated carbocycles. The van der Waals surface area contributed by atoms with Crippen molar-refractivity contribution in [2.45, 2.75) is 19.4 Å². The van der Waals surface area contributed by atoms with Gasteiger partial charge in [-0.1, -0.05) is 18.2 Å². The third kappa shape index (κ3) is 1.97.